The lowest BCUT2D eigenvalue weighted by Crippen LogP contribution is -2.38. The summed E-state index contributed by atoms with van der Waals surface area (Å²) in [6.45, 7) is 15.3. The Balaban J connectivity index is 2.82. The normalized spacial score (nSPS) is 13.8. The maximum absolute atomic E-state index is 4.63. The highest BCUT2D eigenvalue weighted by Gasteiger charge is 2.26. The number of rotatable bonds is 8. The zero-order valence-electron chi connectivity index (χ0n) is 14.2. The number of aryl methyl sites for hydroxylation is 2. The van der Waals surface area contributed by atoms with E-state index in [1.165, 1.54) is 24.1 Å². The summed E-state index contributed by atoms with van der Waals surface area (Å²) in [6, 6.07) is 0.361. The maximum Gasteiger partial charge on any atom is 0.0644 e. The molecule has 1 aromatic rings. The third kappa shape index (κ3) is 3.59. The van der Waals surface area contributed by atoms with Crippen LogP contribution in [0.25, 0.3) is 0 Å². The Morgan fingerprint density at radius 2 is 1.85 bits per heavy atom. The number of nitrogens with zero attached hydrogens (tertiary/aromatic N) is 2. The van der Waals surface area contributed by atoms with Gasteiger partial charge in [-0.3, -0.25) is 4.68 Å². The van der Waals surface area contributed by atoms with Gasteiger partial charge in [-0.05, 0) is 46.8 Å². The second kappa shape index (κ2) is 7.51. The van der Waals surface area contributed by atoms with Gasteiger partial charge >= 0.3 is 0 Å². The zero-order valence-corrected chi connectivity index (χ0v) is 15.0. The summed E-state index contributed by atoms with van der Waals surface area (Å²) in [4.78, 5) is 0. The molecule has 0 aromatic carbocycles. The van der Waals surface area contributed by atoms with Crippen molar-refractivity contribution in [3.63, 3.8) is 0 Å². The summed E-state index contributed by atoms with van der Waals surface area (Å²) in [6.07, 6.45) is 4.64. The molecular weight excluding hydrogens is 266 g/mol. The largest absolute Gasteiger partial charge is 0.309 e. The van der Waals surface area contributed by atoms with Gasteiger partial charge in [-0.2, -0.15) is 16.9 Å². The number of aromatic nitrogens is 2. The number of hydrogen-bond donors (Lipinski definition) is 1. The Morgan fingerprint density at radius 1 is 1.25 bits per heavy atom. The topological polar surface area (TPSA) is 29.9 Å². The first kappa shape index (κ1) is 17.6. The Kier molecular flexibility index (Phi) is 6.59. The predicted octanol–water partition coefficient (Wildman–Crippen LogP) is 4.09. The second-order valence-electron chi connectivity index (χ2n) is 5.60. The van der Waals surface area contributed by atoms with Crippen LogP contribution in [0.3, 0.4) is 0 Å². The van der Waals surface area contributed by atoms with Crippen LogP contribution in [0.5, 0.6) is 0 Å². The van der Waals surface area contributed by atoms with E-state index in [0.717, 1.165) is 18.8 Å². The molecular formula is C16H31N3S. The number of thioether (sulfide) groups is 1. The van der Waals surface area contributed by atoms with Gasteiger partial charge in [0.1, 0.15) is 0 Å². The first-order chi connectivity index (χ1) is 9.44. The molecule has 116 valence electrons. The molecule has 0 bridgehead atoms. The van der Waals surface area contributed by atoms with E-state index in [1.807, 2.05) is 11.8 Å². The first-order valence-corrected chi connectivity index (χ1v) is 8.99. The standard InChI is InChI=1S/C16H31N3S/c1-8-16(9-2,20-7)11-17-12(4)15-13(5)18-19(10-3)14(15)6/h12,17H,8-11H2,1-7H3. The van der Waals surface area contributed by atoms with Crippen molar-refractivity contribution < 1.29 is 0 Å². The fourth-order valence-corrected chi connectivity index (χ4v) is 3.75. The molecule has 1 rings (SSSR count). The average Bonchev–Trinajstić information content (AvgIpc) is 2.75. The van der Waals surface area contributed by atoms with E-state index in [0.29, 0.717) is 10.8 Å². The summed E-state index contributed by atoms with van der Waals surface area (Å²) in [5.74, 6) is 0. The highest BCUT2D eigenvalue weighted by Crippen LogP contribution is 2.31. The van der Waals surface area contributed by atoms with E-state index < -0.39 is 0 Å². The van der Waals surface area contributed by atoms with Gasteiger partial charge < -0.3 is 5.32 Å². The molecule has 0 aliphatic rings. The van der Waals surface area contributed by atoms with Crippen LogP contribution in [0.1, 0.15) is 63.5 Å². The van der Waals surface area contributed by atoms with Crippen molar-refractivity contribution in [2.24, 2.45) is 0 Å². The molecule has 0 amide bonds. The van der Waals surface area contributed by atoms with Crippen LogP contribution in [0, 0.1) is 13.8 Å². The van der Waals surface area contributed by atoms with Crippen LogP contribution in [0.15, 0.2) is 0 Å². The van der Waals surface area contributed by atoms with Crippen molar-refractivity contribution in [2.75, 3.05) is 12.8 Å². The van der Waals surface area contributed by atoms with Gasteiger partial charge in [-0.25, -0.2) is 0 Å². The lowest BCUT2D eigenvalue weighted by Gasteiger charge is -2.31. The van der Waals surface area contributed by atoms with Gasteiger partial charge in [0.15, 0.2) is 0 Å². The minimum Gasteiger partial charge on any atom is -0.309 e. The minimum absolute atomic E-state index is 0.358. The van der Waals surface area contributed by atoms with Gasteiger partial charge in [0.25, 0.3) is 0 Å². The SMILES string of the molecule is CCn1nc(C)c(C(C)NCC(CC)(CC)SC)c1C. The predicted molar refractivity (Wildman–Crippen MR) is 90.6 cm³/mol. The van der Waals surface area contributed by atoms with Crippen LogP contribution in [-0.4, -0.2) is 27.3 Å². The van der Waals surface area contributed by atoms with Gasteiger partial charge in [0.2, 0.25) is 0 Å². The summed E-state index contributed by atoms with van der Waals surface area (Å²) in [5.41, 5.74) is 3.83. The van der Waals surface area contributed by atoms with Crippen molar-refractivity contribution in [2.45, 2.75) is 71.7 Å². The van der Waals surface area contributed by atoms with Gasteiger partial charge in [-0.1, -0.05) is 13.8 Å². The molecule has 0 fully saturated rings. The van der Waals surface area contributed by atoms with E-state index in [2.05, 4.69) is 62.9 Å². The van der Waals surface area contributed by atoms with E-state index in [9.17, 15) is 0 Å². The summed E-state index contributed by atoms with van der Waals surface area (Å²) >= 11 is 1.99. The van der Waals surface area contributed by atoms with E-state index in [4.69, 9.17) is 0 Å². The average molecular weight is 298 g/mol. The highest BCUT2D eigenvalue weighted by atomic mass is 32.2. The molecule has 1 unspecified atom stereocenters. The van der Waals surface area contributed by atoms with E-state index in [1.54, 1.807) is 0 Å². The van der Waals surface area contributed by atoms with Crippen LogP contribution in [0.4, 0.5) is 0 Å². The van der Waals surface area contributed by atoms with Crippen molar-refractivity contribution in [1.29, 1.82) is 0 Å². The molecule has 0 saturated heterocycles. The smallest absolute Gasteiger partial charge is 0.0644 e. The van der Waals surface area contributed by atoms with E-state index >= 15 is 0 Å². The third-order valence-electron chi connectivity index (χ3n) is 4.62. The second-order valence-corrected chi connectivity index (χ2v) is 6.87. The molecule has 1 atom stereocenters. The quantitative estimate of drug-likeness (QED) is 0.783. The molecule has 1 heterocycles. The van der Waals surface area contributed by atoms with Crippen molar-refractivity contribution >= 4 is 11.8 Å². The number of hydrogen-bond acceptors (Lipinski definition) is 3. The molecule has 0 radical (unpaired) electrons. The van der Waals surface area contributed by atoms with Gasteiger partial charge in [0, 0.05) is 35.1 Å². The fraction of sp³-hybridized carbons (Fsp3) is 0.812. The summed E-state index contributed by atoms with van der Waals surface area (Å²) < 4.78 is 2.46. The van der Waals surface area contributed by atoms with Crippen molar-refractivity contribution in [3.05, 3.63) is 17.0 Å². The molecule has 4 heteroatoms. The Hall–Kier alpha value is -0.480. The van der Waals surface area contributed by atoms with Crippen LogP contribution in [0.2, 0.25) is 0 Å². The Bertz CT molecular complexity index is 413. The Morgan fingerprint density at radius 3 is 2.25 bits per heavy atom. The molecule has 0 spiro atoms. The molecule has 1 N–H and O–H groups in total. The third-order valence-corrected chi connectivity index (χ3v) is 6.21. The van der Waals surface area contributed by atoms with Crippen LogP contribution < -0.4 is 5.32 Å². The lowest BCUT2D eigenvalue weighted by molar-refractivity contribution is 0.458. The van der Waals surface area contributed by atoms with Crippen LogP contribution in [-0.2, 0) is 6.54 Å². The lowest BCUT2D eigenvalue weighted by atomic mass is 10.0. The summed E-state index contributed by atoms with van der Waals surface area (Å²) in [5, 5.41) is 8.36. The molecule has 0 saturated carbocycles. The van der Waals surface area contributed by atoms with Gasteiger partial charge in [0.05, 0.1) is 5.69 Å². The minimum atomic E-state index is 0.358. The summed E-state index contributed by atoms with van der Waals surface area (Å²) in [7, 11) is 0. The monoisotopic (exact) mass is 297 g/mol. The van der Waals surface area contributed by atoms with Crippen molar-refractivity contribution in [1.82, 2.24) is 15.1 Å². The molecule has 20 heavy (non-hydrogen) atoms. The molecule has 0 aliphatic carbocycles. The highest BCUT2D eigenvalue weighted by molar-refractivity contribution is 8.00. The number of nitrogens with one attached hydrogen (secondary N) is 1. The maximum atomic E-state index is 4.63. The molecule has 3 nitrogen and oxygen atoms in total. The molecule has 0 aliphatic heterocycles. The van der Waals surface area contributed by atoms with Gasteiger partial charge in [-0.15, -0.1) is 0 Å². The zero-order chi connectivity index (χ0) is 15.3. The van der Waals surface area contributed by atoms with Crippen molar-refractivity contribution in [3.8, 4) is 0 Å². The van der Waals surface area contributed by atoms with Crippen LogP contribution >= 0.6 is 11.8 Å². The first-order valence-electron chi connectivity index (χ1n) is 7.77. The molecule has 1 aromatic heterocycles. The fourth-order valence-electron chi connectivity index (χ4n) is 2.95. The Labute approximate surface area is 128 Å². The van der Waals surface area contributed by atoms with E-state index in [-0.39, 0.29) is 0 Å².